The SMILES string of the molecule is CC1(C)COC(c2coc([C@@H]3CCCN3)n2)=N1. The molecule has 1 fully saturated rings. The molecule has 5 heteroatoms. The van der Waals surface area contributed by atoms with Crippen molar-refractivity contribution in [1.82, 2.24) is 10.3 Å². The quantitative estimate of drug-likeness (QED) is 0.846. The van der Waals surface area contributed by atoms with Crippen LogP contribution in [0.5, 0.6) is 0 Å². The molecule has 3 rings (SSSR count). The summed E-state index contributed by atoms with van der Waals surface area (Å²) >= 11 is 0. The number of rotatable bonds is 2. The Morgan fingerprint density at radius 2 is 2.35 bits per heavy atom. The van der Waals surface area contributed by atoms with E-state index in [0.717, 1.165) is 18.9 Å². The van der Waals surface area contributed by atoms with Crippen molar-refractivity contribution in [2.75, 3.05) is 13.2 Å². The second-order valence-corrected chi connectivity index (χ2v) is 5.24. The number of aromatic nitrogens is 1. The molecule has 1 aromatic rings. The van der Waals surface area contributed by atoms with E-state index in [2.05, 4.69) is 15.3 Å². The highest BCUT2D eigenvalue weighted by Gasteiger charge is 2.29. The Kier molecular flexibility index (Phi) is 2.43. The van der Waals surface area contributed by atoms with Crippen LogP contribution < -0.4 is 5.32 Å². The summed E-state index contributed by atoms with van der Waals surface area (Å²) in [5, 5.41) is 3.36. The van der Waals surface area contributed by atoms with Crippen molar-refractivity contribution in [3.05, 3.63) is 17.8 Å². The Morgan fingerprint density at radius 3 is 3.00 bits per heavy atom. The van der Waals surface area contributed by atoms with Crippen molar-refractivity contribution in [3.63, 3.8) is 0 Å². The number of ether oxygens (including phenoxy) is 1. The van der Waals surface area contributed by atoms with Gasteiger partial charge in [0.1, 0.15) is 12.9 Å². The van der Waals surface area contributed by atoms with E-state index in [9.17, 15) is 0 Å². The molecule has 3 heterocycles. The summed E-state index contributed by atoms with van der Waals surface area (Å²) in [6.45, 7) is 5.72. The maximum atomic E-state index is 5.54. The molecular weight excluding hydrogens is 218 g/mol. The zero-order valence-electron chi connectivity index (χ0n) is 10.2. The van der Waals surface area contributed by atoms with Gasteiger partial charge < -0.3 is 14.5 Å². The molecule has 0 unspecified atom stereocenters. The number of hydrogen-bond acceptors (Lipinski definition) is 5. The fraction of sp³-hybridized carbons (Fsp3) is 0.667. The molecule has 0 spiro atoms. The van der Waals surface area contributed by atoms with Crippen molar-refractivity contribution in [2.24, 2.45) is 4.99 Å². The third-order valence-electron chi connectivity index (χ3n) is 3.07. The fourth-order valence-electron chi connectivity index (χ4n) is 2.16. The molecular formula is C12H17N3O2. The summed E-state index contributed by atoms with van der Waals surface area (Å²) in [6, 6.07) is 0.249. The predicted molar refractivity (Wildman–Crippen MR) is 63.0 cm³/mol. The molecule has 1 saturated heterocycles. The molecule has 2 aliphatic rings. The highest BCUT2D eigenvalue weighted by Crippen LogP contribution is 2.24. The number of nitrogens with one attached hydrogen (secondary N) is 1. The van der Waals surface area contributed by atoms with Gasteiger partial charge in [-0.05, 0) is 33.2 Å². The molecule has 1 atom stereocenters. The Morgan fingerprint density at radius 1 is 1.47 bits per heavy atom. The van der Waals surface area contributed by atoms with E-state index in [1.54, 1.807) is 6.26 Å². The van der Waals surface area contributed by atoms with Gasteiger partial charge in [-0.1, -0.05) is 0 Å². The average Bonchev–Trinajstić information content (AvgIpc) is 2.93. The maximum absolute atomic E-state index is 5.54. The molecule has 0 bridgehead atoms. The van der Waals surface area contributed by atoms with Gasteiger partial charge in [-0.15, -0.1) is 0 Å². The van der Waals surface area contributed by atoms with Crippen LogP contribution in [0.1, 0.15) is 44.3 Å². The first-order chi connectivity index (χ1) is 8.14. The van der Waals surface area contributed by atoms with Gasteiger partial charge in [-0.25, -0.2) is 9.98 Å². The molecule has 17 heavy (non-hydrogen) atoms. The lowest BCUT2D eigenvalue weighted by Crippen LogP contribution is -2.17. The molecule has 1 aromatic heterocycles. The lowest BCUT2D eigenvalue weighted by molar-refractivity contribution is 0.279. The second-order valence-electron chi connectivity index (χ2n) is 5.24. The van der Waals surface area contributed by atoms with Crippen LogP contribution in [-0.4, -0.2) is 29.6 Å². The number of aliphatic imine (C=N–C) groups is 1. The lowest BCUT2D eigenvalue weighted by Gasteiger charge is -2.07. The minimum Gasteiger partial charge on any atom is -0.474 e. The second kappa shape index (κ2) is 3.84. The molecule has 0 aromatic carbocycles. The minimum atomic E-state index is -0.153. The van der Waals surface area contributed by atoms with E-state index < -0.39 is 0 Å². The highest BCUT2D eigenvalue weighted by molar-refractivity contribution is 5.93. The van der Waals surface area contributed by atoms with Gasteiger partial charge in [0.2, 0.25) is 11.8 Å². The molecule has 1 N–H and O–H groups in total. The zero-order chi connectivity index (χ0) is 11.9. The number of nitrogens with zero attached hydrogens (tertiary/aromatic N) is 2. The van der Waals surface area contributed by atoms with Gasteiger partial charge >= 0.3 is 0 Å². The van der Waals surface area contributed by atoms with Crippen molar-refractivity contribution in [3.8, 4) is 0 Å². The topological polar surface area (TPSA) is 59.6 Å². The first-order valence-electron chi connectivity index (χ1n) is 6.06. The molecule has 92 valence electrons. The van der Waals surface area contributed by atoms with E-state index >= 15 is 0 Å². The monoisotopic (exact) mass is 235 g/mol. The first kappa shape index (κ1) is 10.8. The molecule has 5 nitrogen and oxygen atoms in total. The van der Waals surface area contributed by atoms with Crippen LogP contribution in [0.15, 0.2) is 15.7 Å². The maximum Gasteiger partial charge on any atom is 0.239 e. The molecule has 0 saturated carbocycles. The third kappa shape index (κ3) is 2.07. The third-order valence-corrected chi connectivity index (χ3v) is 3.07. The number of oxazole rings is 1. The van der Waals surface area contributed by atoms with Crippen molar-refractivity contribution in [2.45, 2.75) is 38.3 Å². The van der Waals surface area contributed by atoms with Gasteiger partial charge in [0, 0.05) is 0 Å². The largest absolute Gasteiger partial charge is 0.474 e. The van der Waals surface area contributed by atoms with Gasteiger partial charge in [-0.3, -0.25) is 0 Å². The van der Waals surface area contributed by atoms with Gasteiger partial charge in [0.25, 0.3) is 0 Å². The summed E-state index contributed by atoms with van der Waals surface area (Å²) in [5.41, 5.74) is 0.555. The van der Waals surface area contributed by atoms with Crippen LogP contribution in [0.4, 0.5) is 0 Å². The Hall–Kier alpha value is -1.36. The van der Waals surface area contributed by atoms with Crippen LogP contribution in [0, 0.1) is 0 Å². The van der Waals surface area contributed by atoms with Crippen molar-refractivity contribution in [1.29, 1.82) is 0 Å². The van der Waals surface area contributed by atoms with Crippen molar-refractivity contribution < 1.29 is 9.15 Å². The smallest absolute Gasteiger partial charge is 0.239 e. The molecule has 0 amide bonds. The van der Waals surface area contributed by atoms with E-state index in [4.69, 9.17) is 9.15 Å². The Labute approximate surface area is 100 Å². The standard InChI is InChI=1S/C12H17N3O2/c1-12(2)7-17-11(15-12)9-6-16-10(14-9)8-4-3-5-13-8/h6,8,13H,3-5,7H2,1-2H3/t8-/m0/s1. The van der Waals surface area contributed by atoms with E-state index in [-0.39, 0.29) is 11.6 Å². The first-order valence-corrected chi connectivity index (χ1v) is 6.06. The summed E-state index contributed by atoms with van der Waals surface area (Å²) < 4.78 is 11.0. The van der Waals surface area contributed by atoms with Crippen molar-refractivity contribution >= 4 is 5.90 Å². The van der Waals surface area contributed by atoms with Crippen LogP contribution in [-0.2, 0) is 4.74 Å². The Balaban J connectivity index is 1.81. The average molecular weight is 235 g/mol. The summed E-state index contributed by atoms with van der Waals surface area (Å²) in [6.07, 6.45) is 3.89. The fourth-order valence-corrected chi connectivity index (χ4v) is 2.16. The molecule has 0 radical (unpaired) electrons. The molecule has 2 aliphatic heterocycles. The van der Waals surface area contributed by atoms with Gasteiger partial charge in [-0.2, -0.15) is 0 Å². The van der Waals surface area contributed by atoms with E-state index in [1.807, 2.05) is 13.8 Å². The van der Waals surface area contributed by atoms with Crippen LogP contribution in [0.2, 0.25) is 0 Å². The Bertz CT molecular complexity index is 444. The lowest BCUT2D eigenvalue weighted by atomic mass is 10.1. The van der Waals surface area contributed by atoms with Gasteiger partial charge in [0.05, 0.1) is 11.6 Å². The zero-order valence-corrected chi connectivity index (χ0v) is 10.2. The number of hydrogen-bond donors (Lipinski definition) is 1. The van der Waals surface area contributed by atoms with E-state index in [0.29, 0.717) is 18.2 Å². The van der Waals surface area contributed by atoms with Gasteiger partial charge in [0.15, 0.2) is 5.69 Å². The van der Waals surface area contributed by atoms with Crippen LogP contribution >= 0.6 is 0 Å². The minimum absolute atomic E-state index is 0.153. The van der Waals surface area contributed by atoms with E-state index in [1.165, 1.54) is 6.42 Å². The predicted octanol–water partition coefficient (Wildman–Crippen LogP) is 1.65. The van der Waals surface area contributed by atoms with Crippen LogP contribution in [0.3, 0.4) is 0 Å². The normalized spacial score (nSPS) is 26.9. The summed E-state index contributed by atoms with van der Waals surface area (Å²) in [5.74, 6) is 1.34. The summed E-state index contributed by atoms with van der Waals surface area (Å²) in [4.78, 5) is 8.94. The molecule has 0 aliphatic carbocycles. The summed E-state index contributed by atoms with van der Waals surface area (Å²) in [7, 11) is 0. The van der Waals surface area contributed by atoms with Crippen LogP contribution in [0.25, 0.3) is 0 Å². The highest BCUT2D eigenvalue weighted by atomic mass is 16.5.